The highest BCUT2D eigenvalue weighted by Gasteiger charge is 2.30. The van der Waals surface area contributed by atoms with Crippen LogP contribution in [0.15, 0.2) is 164 Å². The average molecular weight is 611 g/mol. The summed E-state index contributed by atoms with van der Waals surface area (Å²) in [5, 5.41) is 8.88. The quantitative estimate of drug-likeness (QED) is 0.186. The number of hydrogen-bond acceptors (Lipinski definition) is 3. The number of ether oxygens (including phenoxy) is 2. The van der Waals surface area contributed by atoms with Crippen LogP contribution in [0.4, 0.5) is 0 Å². The van der Waals surface area contributed by atoms with E-state index in [1.54, 1.807) is 0 Å². The maximum atomic E-state index is 15.0. The molecule has 0 fully saturated rings. The molecule has 0 radical (unpaired) electrons. The van der Waals surface area contributed by atoms with Crippen molar-refractivity contribution >= 4 is 55.4 Å². The van der Waals surface area contributed by atoms with E-state index in [1.807, 2.05) is 97.1 Å². The molecular weight excluding hydrogens is 583 g/mol. The number of hydrogen-bond donors (Lipinski definition) is 0. The molecule has 0 aliphatic carbocycles. The lowest BCUT2D eigenvalue weighted by Gasteiger charge is -2.24. The van der Waals surface area contributed by atoms with Crippen molar-refractivity contribution in [3.05, 3.63) is 164 Å². The van der Waals surface area contributed by atoms with Crippen LogP contribution in [-0.4, -0.2) is 0 Å². The summed E-state index contributed by atoms with van der Waals surface area (Å²) in [4.78, 5) is 0. The maximum Gasteiger partial charge on any atom is 0.177 e. The van der Waals surface area contributed by atoms with E-state index >= 15 is 0 Å². The van der Waals surface area contributed by atoms with Crippen LogP contribution in [-0.2, 0) is 4.57 Å². The first-order valence-corrected chi connectivity index (χ1v) is 17.1. The Labute approximate surface area is 266 Å². The van der Waals surface area contributed by atoms with Gasteiger partial charge in [0.2, 0.25) is 0 Å². The Morgan fingerprint density at radius 3 is 1.63 bits per heavy atom. The molecule has 0 spiro atoms. The molecule has 9 rings (SSSR count). The second kappa shape index (κ2) is 10.5. The van der Waals surface area contributed by atoms with Crippen LogP contribution in [0.2, 0.25) is 0 Å². The Bertz CT molecular complexity index is 2460. The van der Waals surface area contributed by atoms with E-state index in [9.17, 15) is 4.57 Å². The van der Waals surface area contributed by atoms with Gasteiger partial charge in [0.05, 0.1) is 0 Å². The predicted molar refractivity (Wildman–Crippen MR) is 190 cm³/mol. The van der Waals surface area contributed by atoms with Crippen molar-refractivity contribution in [1.29, 1.82) is 0 Å². The molecule has 0 saturated heterocycles. The highest BCUT2D eigenvalue weighted by atomic mass is 31.2. The third-order valence-corrected chi connectivity index (χ3v) is 12.0. The van der Waals surface area contributed by atoms with Gasteiger partial charge in [-0.3, -0.25) is 0 Å². The van der Waals surface area contributed by atoms with Gasteiger partial charge in [-0.05, 0) is 68.4 Å². The SMILES string of the molecule is O=P(c1ccccc1)(c1ccccc1)c1ccc2cc(-c3cc4c(c5ccccc35)Oc3cc5ccccc5cc3O4)ccc2c1. The van der Waals surface area contributed by atoms with Crippen LogP contribution in [0.25, 0.3) is 43.4 Å². The molecular formula is C42H27O3P. The van der Waals surface area contributed by atoms with E-state index in [1.165, 1.54) is 0 Å². The molecule has 0 unspecified atom stereocenters. The summed E-state index contributed by atoms with van der Waals surface area (Å²) in [5.74, 6) is 2.84. The van der Waals surface area contributed by atoms with Gasteiger partial charge in [0.25, 0.3) is 0 Å². The number of fused-ring (bicyclic) bond motifs is 6. The van der Waals surface area contributed by atoms with Gasteiger partial charge in [-0.2, -0.15) is 0 Å². The standard InChI is InChI=1S/C42H27O3P/c43-46(33-13-3-1-4-14-33,34-15-5-2-6-16-34)35-22-21-30-23-32(20-19-31(30)24-35)38-27-41-42(37-18-10-9-17-36(37)38)45-40-26-29-12-8-7-11-28(29)25-39(40)44-41/h1-27H. The molecule has 218 valence electrons. The molecule has 0 atom stereocenters. The van der Waals surface area contributed by atoms with Crippen LogP contribution in [0.3, 0.4) is 0 Å². The molecule has 0 bridgehead atoms. The fourth-order valence-corrected chi connectivity index (χ4v) is 9.33. The predicted octanol–water partition coefficient (Wildman–Crippen LogP) is 10.4. The minimum atomic E-state index is -3.07. The minimum Gasteiger partial charge on any atom is -0.449 e. The number of benzene rings is 8. The van der Waals surface area contributed by atoms with Crippen molar-refractivity contribution in [2.24, 2.45) is 0 Å². The van der Waals surface area contributed by atoms with Crippen LogP contribution in [0.1, 0.15) is 0 Å². The summed E-state index contributed by atoms with van der Waals surface area (Å²) in [6.45, 7) is 0. The molecule has 0 amide bonds. The van der Waals surface area contributed by atoms with E-state index < -0.39 is 7.14 Å². The number of rotatable bonds is 4. The second-order valence-electron chi connectivity index (χ2n) is 11.7. The molecule has 3 nitrogen and oxygen atoms in total. The van der Waals surface area contributed by atoms with Gasteiger partial charge in [0, 0.05) is 21.3 Å². The van der Waals surface area contributed by atoms with E-state index in [-0.39, 0.29) is 0 Å². The lowest BCUT2D eigenvalue weighted by atomic mass is 9.95. The van der Waals surface area contributed by atoms with Gasteiger partial charge in [-0.1, -0.05) is 133 Å². The summed E-state index contributed by atoms with van der Waals surface area (Å²) in [7, 11) is -3.07. The summed E-state index contributed by atoms with van der Waals surface area (Å²) in [6.07, 6.45) is 0. The third-order valence-electron chi connectivity index (χ3n) is 8.94. The molecule has 0 aromatic heterocycles. The van der Waals surface area contributed by atoms with Crippen molar-refractivity contribution < 1.29 is 14.0 Å². The van der Waals surface area contributed by atoms with Crippen molar-refractivity contribution in [1.82, 2.24) is 0 Å². The fraction of sp³-hybridized carbons (Fsp3) is 0. The highest BCUT2D eigenvalue weighted by Crippen LogP contribution is 2.52. The Kier molecular flexibility index (Phi) is 6.09. The van der Waals surface area contributed by atoms with Gasteiger partial charge < -0.3 is 14.0 Å². The zero-order valence-electron chi connectivity index (χ0n) is 24.8. The Morgan fingerprint density at radius 2 is 0.935 bits per heavy atom. The first kappa shape index (κ1) is 26.7. The van der Waals surface area contributed by atoms with Crippen molar-refractivity contribution in [3.8, 4) is 34.1 Å². The van der Waals surface area contributed by atoms with E-state index in [0.29, 0.717) is 17.2 Å². The molecule has 1 aliphatic rings. The lowest BCUT2D eigenvalue weighted by Crippen LogP contribution is -2.24. The van der Waals surface area contributed by atoms with E-state index in [4.69, 9.17) is 9.47 Å². The molecule has 1 heterocycles. The minimum absolute atomic E-state index is 0.693. The van der Waals surface area contributed by atoms with Crippen molar-refractivity contribution in [2.75, 3.05) is 0 Å². The zero-order valence-corrected chi connectivity index (χ0v) is 25.7. The summed E-state index contributed by atoms with van der Waals surface area (Å²) >= 11 is 0. The molecule has 8 aromatic carbocycles. The largest absolute Gasteiger partial charge is 0.449 e. The maximum absolute atomic E-state index is 15.0. The molecule has 1 aliphatic heterocycles. The highest BCUT2D eigenvalue weighted by molar-refractivity contribution is 7.85. The molecule has 4 heteroatoms. The summed E-state index contributed by atoms with van der Waals surface area (Å²) in [5.41, 5.74) is 2.13. The smallest absolute Gasteiger partial charge is 0.177 e. The first-order chi connectivity index (χ1) is 22.6. The van der Waals surface area contributed by atoms with E-state index in [2.05, 4.69) is 66.7 Å². The molecule has 0 saturated carbocycles. The van der Waals surface area contributed by atoms with Gasteiger partial charge >= 0.3 is 0 Å². The third kappa shape index (κ3) is 4.24. The Morgan fingerprint density at radius 1 is 0.391 bits per heavy atom. The molecule has 8 aromatic rings. The van der Waals surface area contributed by atoms with Gasteiger partial charge in [-0.15, -0.1) is 0 Å². The second-order valence-corrected chi connectivity index (χ2v) is 14.4. The van der Waals surface area contributed by atoms with Crippen LogP contribution in [0.5, 0.6) is 23.0 Å². The van der Waals surface area contributed by atoms with Crippen LogP contribution in [0, 0.1) is 0 Å². The van der Waals surface area contributed by atoms with Gasteiger partial charge in [0.15, 0.2) is 30.1 Å². The van der Waals surface area contributed by atoms with E-state index in [0.717, 1.165) is 65.1 Å². The fourth-order valence-electron chi connectivity index (χ4n) is 6.65. The van der Waals surface area contributed by atoms with Crippen molar-refractivity contribution in [2.45, 2.75) is 0 Å². The summed E-state index contributed by atoms with van der Waals surface area (Å²) in [6, 6.07) is 55.0. The zero-order chi connectivity index (χ0) is 30.7. The van der Waals surface area contributed by atoms with Crippen molar-refractivity contribution in [3.63, 3.8) is 0 Å². The monoisotopic (exact) mass is 610 g/mol. The molecule has 46 heavy (non-hydrogen) atoms. The topological polar surface area (TPSA) is 35.5 Å². The normalized spacial score (nSPS) is 12.3. The Hall–Kier alpha value is -5.63. The first-order valence-electron chi connectivity index (χ1n) is 15.4. The average Bonchev–Trinajstić information content (AvgIpc) is 3.13. The van der Waals surface area contributed by atoms with Crippen LogP contribution >= 0.6 is 7.14 Å². The Balaban J connectivity index is 1.16. The van der Waals surface area contributed by atoms with Crippen LogP contribution < -0.4 is 25.4 Å². The van der Waals surface area contributed by atoms with Gasteiger partial charge in [0.1, 0.15) is 0 Å². The van der Waals surface area contributed by atoms with Gasteiger partial charge in [-0.25, -0.2) is 0 Å². The molecule has 0 N–H and O–H groups in total. The lowest BCUT2D eigenvalue weighted by molar-refractivity contribution is 0.364. The summed E-state index contributed by atoms with van der Waals surface area (Å²) < 4.78 is 28.0.